The van der Waals surface area contributed by atoms with Crippen LogP contribution in [0.4, 0.5) is 17.6 Å². The Balaban J connectivity index is 3.49. The van der Waals surface area contributed by atoms with Crippen LogP contribution in [0.15, 0.2) is 33.9 Å². The van der Waals surface area contributed by atoms with Gasteiger partial charge in [0.05, 0.1) is 5.70 Å². The summed E-state index contributed by atoms with van der Waals surface area (Å²) in [6, 6.07) is 0. The molecule has 0 aromatic carbocycles. The van der Waals surface area contributed by atoms with Crippen molar-refractivity contribution in [3.05, 3.63) is 23.9 Å². The summed E-state index contributed by atoms with van der Waals surface area (Å²) in [5.41, 5.74) is -3.54. The summed E-state index contributed by atoms with van der Waals surface area (Å²) in [5, 5.41) is 0. The van der Waals surface area contributed by atoms with Crippen LogP contribution < -0.4 is 0 Å². The minimum atomic E-state index is -5.05. The van der Waals surface area contributed by atoms with Crippen molar-refractivity contribution in [3.63, 3.8) is 0 Å². The van der Waals surface area contributed by atoms with E-state index in [1.807, 2.05) is 0 Å². The first-order chi connectivity index (χ1) is 8.20. The largest absolute Gasteiger partial charge is 0.403 e. The molecule has 2 unspecified atom stereocenters. The third kappa shape index (κ3) is 2.03. The van der Waals surface area contributed by atoms with Gasteiger partial charge in [0.2, 0.25) is 18.0 Å². The summed E-state index contributed by atoms with van der Waals surface area (Å²) in [6.45, 7) is 0.498. The monoisotopic (exact) mass is 262 g/mol. The second-order valence-corrected chi connectivity index (χ2v) is 3.68. The van der Waals surface area contributed by atoms with Gasteiger partial charge in [-0.25, -0.2) is 14.0 Å². The normalized spacial score (nSPS) is 31.1. The van der Waals surface area contributed by atoms with Crippen molar-refractivity contribution in [3.8, 4) is 0 Å². The number of hydrogen-bond acceptors (Lipinski definition) is 4. The maximum Gasteiger partial charge on any atom is 0.403 e. The predicted octanol–water partition coefficient (Wildman–Crippen LogP) is 2.35. The van der Waals surface area contributed by atoms with Crippen molar-refractivity contribution in [1.29, 1.82) is 0 Å². The number of halogens is 4. The van der Waals surface area contributed by atoms with Gasteiger partial charge < -0.3 is 0 Å². The van der Waals surface area contributed by atoms with Crippen molar-refractivity contribution < 1.29 is 27.2 Å². The van der Waals surface area contributed by atoms with Gasteiger partial charge in [0.25, 0.3) is 0 Å². The Morgan fingerprint density at radius 3 is 2.33 bits per heavy atom. The Kier molecular flexibility index (Phi) is 3.37. The standard InChI is InChI=1S/C10H6F4N2O2/c1-8(10(12,13)14)4-7(15-5-17)2-3-9(8,11)16-6-18/h2-4H,1H3. The zero-order chi connectivity index (χ0) is 14.0. The number of nitrogens with zero attached hydrogens (tertiary/aromatic N) is 2. The van der Waals surface area contributed by atoms with Crippen molar-refractivity contribution in [2.75, 3.05) is 0 Å². The predicted molar refractivity (Wildman–Crippen MR) is 51.5 cm³/mol. The van der Waals surface area contributed by atoms with Gasteiger partial charge in [-0.15, -0.1) is 0 Å². The van der Waals surface area contributed by atoms with Crippen LogP contribution >= 0.6 is 0 Å². The number of isocyanates is 2. The van der Waals surface area contributed by atoms with Crippen molar-refractivity contribution >= 4 is 12.2 Å². The van der Waals surface area contributed by atoms with Crippen LogP contribution in [0, 0.1) is 5.41 Å². The van der Waals surface area contributed by atoms with Crippen LogP contribution in [0.3, 0.4) is 0 Å². The van der Waals surface area contributed by atoms with Crippen molar-refractivity contribution in [2.24, 2.45) is 15.4 Å². The topological polar surface area (TPSA) is 58.9 Å². The molecular weight excluding hydrogens is 256 g/mol. The molecule has 1 rings (SSSR count). The molecule has 4 nitrogen and oxygen atoms in total. The third-order valence-corrected chi connectivity index (χ3v) is 2.61. The van der Waals surface area contributed by atoms with Gasteiger partial charge in [-0.05, 0) is 25.2 Å². The van der Waals surface area contributed by atoms with E-state index in [2.05, 4.69) is 9.98 Å². The fourth-order valence-electron chi connectivity index (χ4n) is 1.44. The number of rotatable bonds is 2. The Hall–Kier alpha value is -2.04. The van der Waals surface area contributed by atoms with E-state index in [1.165, 1.54) is 0 Å². The molecule has 0 aromatic rings. The average molecular weight is 262 g/mol. The van der Waals surface area contributed by atoms with Crippen LogP contribution in [0.25, 0.3) is 0 Å². The van der Waals surface area contributed by atoms with E-state index in [9.17, 15) is 27.2 Å². The van der Waals surface area contributed by atoms with Gasteiger partial charge in [0.1, 0.15) is 5.41 Å². The Morgan fingerprint density at radius 2 is 1.89 bits per heavy atom. The second kappa shape index (κ2) is 4.33. The van der Waals surface area contributed by atoms with Crippen molar-refractivity contribution in [2.45, 2.75) is 18.9 Å². The second-order valence-electron chi connectivity index (χ2n) is 3.68. The van der Waals surface area contributed by atoms with Gasteiger partial charge in [0, 0.05) is 0 Å². The molecular formula is C10H6F4N2O2. The highest BCUT2D eigenvalue weighted by Crippen LogP contribution is 2.53. The maximum atomic E-state index is 14.1. The lowest BCUT2D eigenvalue weighted by Gasteiger charge is -2.38. The van der Waals surface area contributed by atoms with Crippen molar-refractivity contribution in [1.82, 2.24) is 0 Å². The van der Waals surface area contributed by atoms with Gasteiger partial charge in [-0.2, -0.15) is 23.2 Å². The zero-order valence-electron chi connectivity index (χ0n) is 8.95. The average Bonchev–Trinajstić information content (AvgIpc) is 2.23. The fourth-order valence-corrected chi connectivity index (χ4v) is 1.44. The van der Waals surface area contributed by atoms with Crippen LogP contribution in [-0.2, 0) is 9.59 Å². The molecule has 1 aliphatic carbocycles. The minimum absolute atomic E-state index is 0.374. The molecule has 1 aliphatic rings. The molecule has 0 amide bonds. The van der Waals surface area contributed by atoms with E-state index in [1.54, 1.807) is 0 Å². The van der Waals surface area contributed by atoms with E-state index in [4.69, 9.17) is 0 Å². The molecule has 0 saturated carbocycles. The van der Waals surface area contributed by atoms with Gasteiger partial charge in [-0.1, -0.05) is 0 Å². The van der Waals surface area contributed by atoms with Crippen LogP contribution in [0.1, 0.15) is 6.92 Å². The van der Waals surface area contributed by atoms with E-state index in [-0.39, 0.29) is 0 Å². The lowest BCUT2D eigenvalue weighted by Crippen LogP contribution is -2.50. The van der Waals surface area contributed by atoms with Gasteiger partial charge in [0.15, 0.2) is 0 Å². The Bertz CT molecular complexity index is 512. The number of carbonyl (C=O) groups excluding carboxylic acids is 2. The molecule has 0 N–H and O–H groups in total. The van der Waals surface area contributed by atoms with Crippen LogP contribution in [-0.4, -0.2) is 24.1 Å². The Labute approximate surface area is 98.4 Å². The third-order valence-electron chi connectivity index (χ3n) is 2.61. The smallest absolute Gasteiger partial charge is 0.211 e. The highest BCUT2D eigenvalue weighted by atomic mass is 19.4. The number of alkyl halides is 4. The molecule has 0 heterocycles. The summed E-state index contributed by atoms with van der Waals surface area (Å²) in [7, 11) is 0. The summed E-state index contributed by atoms with van der Waals surface area (Å²) in [4.78, 5) is 25.6. The quantitative estimate of drug-likeness (QED) is 0.332. The number of hydrogen-bond donors (Lipinski definition) is 0. The Morgan fingerprint density at radius 1 is 1.28 bits per heavy atom. The van der Waals surface area contributed by atoms with Crippen LogP contribution in [0.5, 0.6) is 0 Å². The number of allylic oxidation sites excluding steroid dienone is 1. The van der Waals surface area contributed by atoms with Crippen LogP contribution in [0.2, 0.25) is 0 Å². The lowest BCUT2D eigenvalue weighted by molar-refractivity contribution is -0.232. The molecule has 2 atom stereocenters. The molecule has 0 spiro atoms. The van der Waals surface area contributed by atoms with E-state index >= 15 is 0 Å². The van der Waals surface area contributed by atoms with Gasteiger partial charge >= 0.3 is 6.18 Å². The van der Waals surface area contributed by atoms with E-state index in [0.29, 0.717) is 19.1 Å². The first-order valence-electron chi connectivity index (χ1n) is 4.55. The summed E-state index contributed by atoms with van der Waals surface area (Å²) < 4.78 is 52.8. The molecule has 0 bridgehead atoms. The summed E-state index contributed by atoms with van der Waals surface area (Å²) in [5.74, 6) is -3.32. The van der Waals surface area contributed by atoms with E-state index in [0.717, 1.165) is 18.2 Å². The molecule has 96 valence electrons. The highest BCUT2D eigenvalue weighted by Gasteiger charge is 2.64. The molecule has 18 heavy (non-hydrogen) atoms. The summed E-state index contributed by atoms with van der Waals surface area (Å²) >= 11 is 0. The highest BCUT2D eigenvalue weighted by molar-refractivity contribution is 5.45. The zero-order valence-corrected chi connectivity index (χ0v) is 8.95. The minimum Gasteiger partial charge on any atom is -0.211 e. The molecule has 0 aliphatic heterocycles. The molecule has 0 saturated heterocycles. The lowest BCUT2D eigenvalue weighted by atomic mass is 9.76. The maximum absolute atomic E-state index is 14.1. The van der Waals surface area contributed by atoms with E-state index < -0.39 is 23.1 Å². The SMILES string of the molecule is CC1(C(F)(F)F)C=C(N=C=O)C=CC1(F)N=C=O. The fraction of sp³-hybridized carbons (Fsp3) is 0.400. The molecule has 8 heteroatoms. The molecule has 0 aromatic heterocycles. The first-order valence-corrected chi connectivity index (χ1v) is 4.55. The summed E-state index contributed by atoms with van der Waals surface area (Å²) in [6.07, 6.45) is -1.65. The number of aliphatic imine (C=N–C) groups is 2. The molecule has 0 fully saturated rings. The molecule has 0 radical (unpaired) electrons. The van der Waals surface area contributed by atoms with Gasteiger partial charge in [-0.3, -0.25) is 0 Å². The first kappa shape index (κ1) is 14.0.